The van der Waals surface area contributed by atoms with Crippen molar-refractivity contribution in [3.8, 4) is 5.75 Å². The Labute approximate surface area is 154 Å². The first-order valence-corrected chi connectivity index (χ1v) is 8.83. The van der Waals surface area contributed by atoms with Crippen LogP contribution < -0.4 is 10.1 Å². The van der Waals surface area contributed by atoms with Gasteiger partial charge in [0.05, 0.1) is 23.3 Å². The number of carbonyl (C=O) groups excluding carboxylic acids is 1. The first kappa shape index (κ1) is 16.2. The van der Waals surface area contributed by atoms with Gasteiger partial charge in [-0.2, -0.15) is 5.06 Å². The van der Waals surface area contributed by atoms with Crippen LogP contribution in [0.15, 0.2) is 52.5 Å². The van der Waals surface area contributed by atoms with Gasteiger partial charge in [0.25, 0.3) is 0 Å². The Morgan fingerprint density at radius 2 is 2.04 bits per heavy atom. The minimum Gasteiger partial charge on any atom is -0.496 e. The number of aryl methyl sites for hydroxylation is 1. The number of hydroxylamine groups is 2. The monoisotopic (exact) mass is 400 g/mol. The van der Waals surface area contributed by atoms with Gasteiger partial charge in [-0.25, -0.2) is 4.79 Å². The molecule has 1 heterocycles. The number of rotatable bonds is 2. The highest BCUT2D eigenvalue weighted by Crippen LogP contribution is 2.42. The third-order valence-corrected chi connectivity index (χ3v) is 5.39. The number of ether oxygens (including phenoxy) is 1. The van der Waals surface area contributed by atoms with E-state index in [0.29, 0.717) is 5.70 Å². The molecule has 2 amide bonds. The first-order valence-electron chi connectivity index (χ1n) is 8.04. The molecule has 2 aliphatic rings. The fraction of sp³-hybridized carbons (Fsp3) is 0.211. The standard InChI is InChI=1S/C19H17BrN2O3/c1-25-16-9-7-12(10-15(16)20)17-14-8-6-11-4-2-3-5-13(11)18(14)22(24)19(23)21-17/h2-5,7,9-10,17,24H,6,8H2,1H3,(H,21,23). The number of halogens is 1. The third kappa shape index (κ3) is 2.62. The van der Waals surface area contributed by atoms with Crippen molar-refractivity contribution < 1.29 is 14.7 Å². The van der Waals surface area contributed by atoms with Crippen molar-refractivity contribution in [2.45, 2.75) is 18.9 Å². The van der Waals surface area contributed by atoms with E-state index in [0.717, 1.165) is 50.4 Å². The van der Waals surface area contributed by atoms with Crippen molar-refractivity contribution in [1.82, 2.24) is 10.4 Å². The van der Waals surface area contributed by atoms with Crippen LogP contribution in [-0.2, 0) is 6.42 Å². The minimum atomic E-state index is -0.521. The Hall–Kier alpha value is -2.31. The molecule has 1 atom stereocenters. The summed E-state index contributed by atoms with van der Waals surface area (Å²) >= 11 is 3.50. The number of methoxy groups -OCH3 is 1. The van der Waals surface area contributed by atoms with Crippen molar-refractivity contribution in [3.63, 3.8) is 0 Å². The van der Waals surface area contributed by atoms with E-state index in [-0.39, 0.29) is 6.04 Å². The van der Waals surface area contributed by atoms with Crippen LogP contribution in [0.3, 0.4) is 0 Å². The van der Waals surface area contributed by atoms with Crippen molar-refractivity contribution in [2.75, 3.05) is 7.11 Å². The molecule has 0 saturated carbocycles. The van der Waals surface area contributed by atoms with Gasteiger partial charge in [0.2, 0.25) is 0 Å². The molecule has 2 N–H and O–H groups in total. The quantitative estimate of drug-likeness (QED) is 0.739. The Morgan fingerprint density at radius 1 is 1.24 bits per heavy atom. The molecular formula is C19H17BrN2O3. The predicted octanol–water partition coefficient (Wildman–Crippen LogP) is 4.27. The fourth-order valence-electron chi connectivity index (χ4n) is 3.58. The average Bonchev–Trinajstić information content (AvgIpc) is 2.64. The van der Waals surface area contributed by atoms with Gasteiger partial charge < -0.3 is 10.1 Å². The number of hydrogen-bond donors (Lipinski definition) is 2. The molecule has 0 aromatic heterocycles. The van der Waals surface area contributed by atoms with E-state index in [1.807, 2.05) is 42.5 Å². The summed E-state index contributed by atoms with van der Waals surface area (Å²) in [6, 6.07) is 12.9. The molecule has 6 heteroatoms. The van der Waals surface area contributed by atoms with E-state index in [9.17, 15) is 10.0 Å². The summed E-state index contributed by atoms with van der Waals surface area (Å²) < 4.78 is 6.11. The fourth-order valence-corrected chi connectivity index (χ4v) is 4.14. The van der Waals surface area contributed by atoms with Gasteiger partial charge in [-0.3, -0.25) is 5.21 Å². The summed E-state index contributed by atoms with van der Waals surface area (Å²) in [5.74, 6) is 0.734. The summed E-state index contributed by atoms with van der Waals surface area (Å²) in [5, 5.41) is 14.0. The third-order valence-electron chi connectivity index (χ3n) is 4.77. The van der Waals surface area contributed by atoms with Gasteiger partial charge in [-0.05, 0) is 57.6 Å². The number of amides is 2. The minimum absolute atomic E-state index is 0.276. The van der Waals surface area contributed by atoms with Crippen LogP contribution in [0.5, 0.6) is 5.75 Å². The second-order valence-electron chi connectivity index (χ2n) is 6.12. The Morgan fingerprint density at radius 3 is 2.80 bits per heavy atom. The van der Waals surface area contributed by atoms with Crippen LogP contribution in [0.4, 0.5) is 4.79 Å². The van der Waals surface area contributed by atoms with E-state index >= 15 is 0 Å². The predicted molar refractivity (Wildman–Crippen MR) is 97.3 cm³/mol. The number of fused-ring (bicyclic) bond motifs is 2. The van der Waals surface area contributed by atoms with Gasteiger partial charge in [0, 0.05) is 5.56 Å². The largest absolute Gasteiger partial charge is 0.496 e. The molecule has 0 fully saturated rings. The molecular weight excluding hydrogens is 384 g/mol. The maximum absolute atomic E-state index is 12.3. The van der Waals surface area contributed by atoms with E-state index in [2.05, 4.69) is 21.2 Å². The number of urea groups is 1. The van der Waals surface area contributed by atoms with Crippen LogP contribution in [0.25, 0.3) is 5.70 Å². The summed E-state index contributed by atoms with van der Waals surface area (Å²) in [6.45, 7) is 0. The van der Waals surface area contributed by atoms with Crippen LogP contribution in [-0.4, -0.2) is 23.4 Å². The molecule has 4 rings (SSSR count). The maximum atomic E-state index is 12.3. The lowest BCUT2D eigenvalue weighted by Crippen LogP contribution is -2.45. The molecule has 0 radical (unpaired) electrons. The number of carbonyl (C=O) groups is 1. The summed E-state index contributed by atoms with van der Waals surface area (Å²) in [5.41, 5.74) is 4.62. The lowest BCUT2D eigenvalue weighted by molar-refractivity contribution is 0.00855. The van der Waals surface area contributed by atoms with Crippen molar-refractivity contribution in [3.05, 3.63) is 69.2 Å². The Balaban J connectivity index is 1.86. The van der Waals surface area contributed by atoms with Gasteiger partial charge in [-0.15, -0.1) is 0 Å². The van der Waals surface area contributed by atoms with Crippen molar-refractivity contribution in [1.29, 1.82) is 0 Å². The first-order chi connectivity index (χ1) is 12.1. The maximum Gasteiger partial charge on any atom is 0.346 e. The Bertz CT molecular complexity index is 894. The number of nitrogens with zero attached hydrogens (tertiary/aromatic N) is 1. The van der Waals surface area contributed by atoms with E-state index in [1.165, 1.54) is 0 Å². The van der Waals surface area contributed by atoms with Crippen LogP contribution in [0, 0.1) is 0 Å². The molecule has 2 aromatic carbocycles. The molecule has 0 bridgehead atoms. The molecule has 5 nitrogen and oxygen atoms in total. The molecule has 128 valence electrons. The Kier molecular flexibility index (Phi) is 4.01. The molecule has 1 unspecified atom stereocenters. The zero-order valence-corrected chi connectivity index (χ0v) is 15.2. The second kappa shape index (κ2) is 6.20. The molecule has 25 heavy (non-hydrogen) atoms. The van der Waals surface area contributed by atoms with E-state index in [4.69, 9.17) is 4.74 Å². The smallest absolute Gasteiger partial charge is 0.346 e. The molecule has 2 aromatic rings. The average molecular weight is 401 g/mol. The van der Waals surface area contributed by atoms with Crippen LogP contribution in [0.1, 0.15) is 29.2 Å². The second-order valence-corrected chi connectivity index (χ2v) is 6.97. The lowest BCUT2D eigenvalue weighted by atomic mass is 9.82. The lowest BCUT2D eigenvalue weighted by Gasteiger charge is -2.37. The highest BCUT2D eigenvalue weighted by Gasteiger charge is 2.36. The van der Waals surface area contributed by atoms with Crippen LogP contribution in [0.2, 0.25) is 0 Å². The van der Waals surface area contributed by atoms with E-state index < -0.39 is 6.03 Å². The van der Waals surface area contributed by atoms with E-state index in [1.54, 1.807) is 7.11 Å². The van der Waals surface area contributed by atoms with Crippen LogP contribution >= 0.6 is 15.9 Å². The summed E-state index contributed by atoms with van der Waals surface area (Å²) in [4.78, 5) is 12.3. The van der Waals surface area contributed by atoms with Gasteiger partial charge in [0.1, 0.15) is 5.75 Å². The highest BCUT2D eigenvalue weighted by atomic mass is 79.9. The number of nitrogens with one attached hydrogen (secondary N) is 1. The summed E-state index contributed by atoms with van der Waals surface area (Å²) in [6.07, 6.45) is 1.66. The zero-order chi connectivity index (χ0) is 17.6. The topological polar surface area (TPSA) is 61.8 Å². The molecule has 1 aliphatic heterocycles. The molecule has 0 spiro atoms. The number of benzene rings is 2. The SMILES string of the molecule is COc1ccc(C2NC(=O)N(O)C3=C2CCc2ccccc23)cc1Br. The highest BCUT2D eigenvalue weighted by molar-refractivity contribution is 9.10. The molecule has 1 aliphatic carbocycles. The van der Waals surface area contributed by atoms with Crippen molar-refractivity contribution in [2.24, 2.45) is 0 Å². The van der Waals surface area contributed by atoms with Crippen molar-refractivity contribution >= 4 is 27.7 Å². The van der Waals surface area contributed by atoms with Gasteiger partial charge >= 0.3 is 6.03 Å². The zero-order valence-electron chi connectivity index (χ0n) is 13.6. The van der Waals surface area contributed by atoms with Gasteiger partial charge in [-0.1, -0.05) is 30.3 Å². The summed E-state index contributed by atoms with van der Waals surface area (Å²) in [7, 11) is 1.62. The van der Waals surface area contributed by atoms with Gasteiger partial charge in [0.15, 0.2) is 0 Å². The molecule has 0 saturated heterocycles. The number of hydrogen-bond acceptors (Lipinski definition) is 3. The normalized spacial score (nSPS) is 19.2.